The number of aryl methyl sites for hydroxylation is 1. The Morgan fingerprint density at radius 3 is 2.65 bits per heavy atom. The van der Waals surface area contributed by atoms with Gasteiger partial charge in [-0.15, -0.1) is 0 Å². The van der Waals surface area contributed by atoms with Crippen molar-refractivity contribution in [2.24, 2.45) is 17.3 Å². The van der Waals surface area contributed by atoms with Crippen molar-refractivity contribution >= 4 is 0 Å². The average Bonchev–Trinajstić information content (AvgIpc) is 3.01. The van der Waals surface area contributed by atoms with Gasteiger partial charge in [-0.1, -0.05) is 62.9 Å². The van der Waals surface area contributed by atoms with Crippen LogP contribution in [0.25, 0.3) is 0 Å². The number of hydrogen-bond donors (Lipinski definition) is 1. The summed E-state index contributed by atoms with van der Waals surface area (Å²) in [5.41, 5.74) is 2.06. The maximum atomic E-state index is 3.67. The molecule has 20 heavy (non-hydrogen) atoms. The minimum Gasteiger partial charge on any atom is -0.316 e. The molecule has 1 aliphatic carbocycles. The van der Waals surface area contributed by atoms with Gasteiger partial charge >= 0.3 is 0 Å². The van der Waals surface area contributed by atoms with Crippen LogP contribution >= 0.6 is 0 Å². The molecule has 0 bridgehead atoms. The Bertz CT molecular complexity index is 407. The first-order valence-corrected chi connectivity index (χ1v) is 8.53. The zero-order valence-electron chi connectivity index (χ0n) is 12.9. The molecule has 1 aromatic carbocycles. The van der Waals surface area contributed by atoms with Gasteiger partial charge in [0, 0.05) is 0 Å². The summed E-state index contributed by atoms with van der Waals surface area (Å²) in [6.07, 6.45) is 9.87. The van der Waals surface area contributed by atoms with Gasteiger partial charge < -0.3 is 5.32 Å². The van der Waals surface area contributed by atoms with E-state index < -0.39 is 0 Å². The third-order valence-corrected chi connectivity index (χ3v) is 5.93. The molecule has 2 atom stereocenters. The van der Waals surface area contributed by atoms with Crippen LogP contribution in [0.2, 0.25) is 0 Å². The van der Waals surface area contributed by atoms with Crippen LogP contribution in [0.1, 0.15) is 51.0 Å². The van der Waals surface area contributed by atoms with E-state index in [1.54, 1.807) is 0 Å². The van der Waals surface area contributed by atoms with Gasteiger partial charge in [-0.3, -0.25) is 0 Å². The van der Waals surface area contributed by atoms with Gasteiger partial charge in [0.2, 0.25) is 0 Å². The molecule has 1 nitrogen and oxygen atoms in total. The summed E-state index contributed by atoms with van der Waals surface area (Å²) in [5, 5.41) is 3.67. The summed E-state index contributed by atoms with van der Waals surface area (Å²) in [6, 6.07) is 11.0. The van der Waals surface area contributed by atoms with Gasteiger partial charge in [0.05, 0.1) is 0 Å². The van der Waals surface area contributed by atoms with E-state index in [1.165, 1.54) is 63.6 Å². The number of piperidine rings is 1. The topological polar surface area (TPSA) is 12.0 Å². The van der Waals surface area contributed by atoms with Gasteiger partial charge in [-0.25, -0.2) is 0 Å². The second-order valence-corrected chi connectivity index (χ2v) is 7.24. The summed E-state index contributed by atoms with van der Waals surface area (Å²) in [7, 11) is 0. The summed E-state index contributed by atoms with van der Waals surface area (Å²) < 4.78 is 0. The number of hydrogen-bond acceptors (Lipinski definition) is 1. The van der Waals surface area contributed by atoms with E-state index in [2.05, 4.69) is 42.6 Å². The molecule has 2 fully saturated rings. The van der Waals surface area contributed by atoms with Gasteiger partial charge in [-0.05, 0) is 55.2 Å². The molecule has 1 saturated carbocycles. The third-order valence-electron chi connectivity index (χ3n) is 5.93. The second-order valence-electron chi connectivity index (χ2n) is 7.24. The summed E-state index contributed by atoms with van der Waals surface area (Å²) in [5.74, 6) is 1.89. The van der Waals surface area contributed by atoms with Crippen molar-refractivity contribution in [3.63, 3.8) is 0 Å². The first-order valence-electron chi connectivity index (χ1n) is 8.53. The first kappa shape index (κ1) is 14.1. The van der Waals surface area contributed by atoms with Gasteiger partial charge in [0.1, 0.15) is 0 Å². The van der Waals surface area contributed by atoms with E-state index in [4.69, 9.17) is 0 Å². The molecule has 1 aromatic rings. The van der Waals surface area contributed by atoms with E-state index in [9.17, 15) is 0 Å². The highest BCUT2D eigenvalue weighted by atomic mass is 14.9. The van der Waals surface area contributed by atoms with Crippen molar-refractivity contribution in [3.05, 3.63) is 35.9 Å². The van der Waals surface area contributed by atoms with E-state index in [0.29, 0.717) is 5.41 Å². The average molecular weight is 271 g/mol. The lowest BCUT2D eigenvalue weighted by molar-refractivity contribution is 0.0696. The quantitative estimate of drug-likeness (QED) is 0.854. The minimum atomic E-state index is 0.552. The Kier molecular flexibility index (Phi) is 4.45. The highest BCUT2D eigenvalue weighted by Gasteiger charge is 2.41. The monoisotopic (exact) mass is 271 g/mol. The number of nitrogens with one attached hydrogen (secondary N) is 1. The molecule has 0 spiro atoms. The molecule has 0 aromatic heterocycles. The fourth-order valence-electron chi connectivity index (χ4n) is 4.54. The van der Waals surface area contributed by atoms with Crippen molar-refractivity contribution in [2.45, 2.75) is 51.9 Å². The SMILES string of the molecule is CC1(CCc2ccccc2)CCNCC1C1CCCC1. The Hall–Kier alpha value is -0.820. The minimum absolute atomic E-state index is 0.552. The zero-order valence-corrected chi connectivity index (χ0v) is 12.9. The molecule has 110 valence electrons. The maximum absolute atomic E-state index is 3.67. The van der Waals surface area contributed by atoms with Gasteiger partial charge in [-0.2, -0.15) is 0 Å². The lowest BCUT2D eigenvalue weighted by atomic mass is 9.64. The van der Waals surface area contributed by atoms with Crippen LogP contribution in [0.3, 0.4) is 0 Å². The van der Waals surface area contributed by atoms with Crippen LogP contribution in [0.5, 0.6) is 0 Å². The van der Waals surface area contributed by atoms with E-state index >= 15 is 0 Å². The Morgan fingerprint density at radius 2 is 1.90 bits per heavy atom. The lowest BCUT2D eigenvalue weighted by Crippen LogP contribution is -2.46. The Labute approximate surface area is 124 Å². The molecule has 1 saturated heterocycles. The summed E-state index contributed by atoms with van der Waals surface area (Å²) in [6.45, 7) is 5.05. The maximum Gasteiger partial charge on any atom is -0.00126 e. The molecule has 2 unspecified atom stereocenters. The molecule has 1 heterocycles. The highest BCUT2D eigenvalue weighted by molar-refractivity contribution is 5.15. The van der Waals surface area contributed by atoms with Gasteiger partial charge in [0.25, 0.3) is 0 Å². The zero-order chi connectivity index (χ0) is 13.8. The van der Waals surface area contributed by atoms with Crippen LogP contribution in [0.4, 0.5) is 0 Å². The molecule has 2 aliphatic rings. The second kappa shape index (κ2) is 6.30. The molecule has 0 radical (unpaired) electrons. The van der Waals surface area contributed by atoms with E-state index in [-0.39, 0.29) is 0 Å². The van der Waals surface area contributed by atoms with Crippen LogP contribution in [0.15, 0.2) is 30.3 Å². The Morgan fingerprint density at radius 1 is 1.15 bits per heavy atom. The van der Waals surface area contributed by atoms with Gasteiger partial charge in [0.15, 0.2) is 0 Å². The fraction of sp³-hybridized carbons (Fsp3) is 0.684. The summed E-state index contributed by atoms with van der Waals surface area (Å²) in [4.78, 5) is 0. The molecular formula is C19H29N. The predicted molar refractivity (Wildman–Crippen MR) is 85.8 cm³/mol. The van der Waals surface area contributed by atoms with Crippen molar-refractivity contribution in [3.8, 4) is 0 Å². The highest BCUT2D eigenvalue weighted by Crippen LogP contribution is 2.46. The van der Waals surface area contributed by atoms with Crippen LogP contribution in [-0.2, 0) is 6.42 Å². The molecular weight excluding hydrogens is 242 g/mol. The van der Waals surface area contributed by atoms with Crippen LogP contribution < -0.4 is 5.32 Å². The van der Waals surface area contributed by atoms with Crippen molar-refractivity contribution in [1.29, 1.82) is 0 Å². The van der Waals surface area contributed by atoms with E-state index in [0.717, 1.165) is 11.8 Å². The summed E-state index contributed by atoms with van der Waals surface area (Å²) >= 11 is 0. The van der Waals surface area contributed by atoms with Crippen molar-refractivity contribution < 1.29 is 0 Å². The van der Waals surface area contributed by atoms with Crippen LogP contribution in [-0.4, -0.2) is 13.1 Å². The Balaban J connectivity index is 1.66. The molecule has 0 amide bonds. The predicted octanol–water partition coefficient (Wildman–Crippen LogP) is 4.43. The third kappa shape index (κ3) is 3.09. The lowest BCUT2D eigenvalue weighted by Gasteiger charge is -2.45. The normalized spacial score (nSPS) is 31.6. The van der Waals surface area contributed by atoms with E-state index in [1.807, 2.05) is 0 Å². The van der Waals surface area contributed by atoms with Crippen LogP contribution in [0, 0.1) is 17.3 Å². The van der Waals surface area contributed by atoms with Crippen molar-refractivity contribution in [2.75, 3.05) is 13.1 Å². The van der Waals surface area contributed by atoms with Crippen molar-refractivity contribution in [1.82, 2.24) is 5.32 Å². The molecule has 1 heteroatoms. The molecule has 1 aliphatic heterocycles. The smallest absolute Gasteiger partial charge is 0.00126 e. The fourth-order valence-corrected chi connectivity index (χ4v) is 4.54. The number of benzene rings is 1. The number of rotatable bonds is 4. The standard InChI is InChI=1S/C19H29N/c1-19(12-11-16-7-3-2-4-8-16)13-14-20-15-18(19)17-9-5-6-10-17/h2-4,7-8,17-18,20H,5-6,9-15H2,1H3. The first-order chi connectivity index (χ1) is 9.78. The molecule has 1 N–H and O–H groups in total. The largest absolute Gasteiger partial charge is 0.316 e. The molecule has 3 rings (SSSR count).